The van der Waals surface area contributed by atoms with E-state index in [0.29, 0.717) is 52.4 Å². The van der Waals surface area contributed by atoms with Gasteiger partial charge in [0.25, 0.3) is 0 Å². The van der Waals surface area contributed by atoms with Crippen LogP contribution in [0, 0.1) is 5.41 Å². The van der Waals surface area contributed by atoms with Gasteiger partial charge in [-0.25, -0.2) is 0 Å². The van der Waals surface area contributed by atoms with Gasteiger partial charge < -0.3 is 25.3 Å². The third-order valence-corrected chi connectivity index (χ3v) is 4.63. The fourth-order valence-electron chi connectivity index (χ4n) is 3.04. The predicted octanol–water partition coefficient (Wildman–Crippen LogP) is 1.90. The summed E-state index contributed by atoms with van der Waals surface area (Å²) in [6, 6.07) is 5.91. The van der Waals surface area contributed by atoms with Crippen molar-refractivity contribution in [1.82, 2.24) is 5.32 Å². The molecule has 0 aromatic heterocycles. The van der Waals surface area contributed by atoms with Crippen LogP contribution in [0.2, 0.25) is 0 Å². The maximum absolute atomic E-state index is 12.6. The number of amides is 1. The van der Waals surface area contributed by atoms with Crippen LogP contribution in [0.15, 0.2) is 18.2 Å². The van der Waals surface area contributed by atoms with E-state index in [9.17, 15) is 4.79 Å². The molecule has 0 spiro atoms. The molecule has 0 saturated carbocycles. The van der Waals surface area contributed by atoms with Gasteiger partial charge in [0.05, 0.1) is 18.6 Å². The van der Waals surface area contributed by atoms with Crippen molar-refractivity contribution in [1.29, 1.82) is 0 Å². The molecule has 3 N–H and O–H groups in total. The van der Waals surface area contributed by atoms with Gasteiger partial charge in [0.15, 0.2) is 11.5 Å². The van der Waals surface area contributed by atoms with Gasteiger partial charge in [-0.15, -0.1) is 0 Å². The number of hydrogen-bond donors (Lipinski definition) is 2. The van der Waals surface area contributed by atoms with Crippen molar-refractivity contribution < 1.29 is 19.0 Å². The summed E-state index contributed by atoms with van der Waals surface area (Å²) in [5.41, 5.74) is 6.49. The zero-order valence-electron chi connectivity index (χ0n) is 15.3. The molecule has 0 radical (unpaired) electrons. The first-order chi connectivity index (χ1) is 12.1. The van der Waals surface area contributed by atoms with E-state index >= 15 is 0 Å². The number of nitrogens with one attached hydrogen (secondary N) is 1. The maximum atomic E-state index is 12.6. The first-order valence-corrected chi connectivity index (χ1v) is 9.10. The smallest absolute Gasteiger partial charge is 0.227 e. The van der Waals surface area contributed by atoms with Crippen molar-refractivity contribution in [2.24, 2.45) is 11.1 Å². The number of nitrogens with two attached hydrogens (primary N) is 1. The molecule has 0 bridgehead atoms. The lowest BCUT2D eigenvalue weighted by Crippen LogP contribution is -2.49. The van der Waals surface area contributed by atoms with E-state index in [-0.39, 0.29) is 5.91 Å². The Labute approximate surface area is 150 Å². The van der Waals surface area contributed by atoms with E-state index in [0.717, 1.165) is 23.5 Å². The second-order valence-corrected chi connectivity index (χ2v) is 6.25. The molecule has 0 atom stereocenters. The van der Waals surface area contributed by atoms with Gasteiger partial charge in [-0.2, -0.15) is 0 Å². The molecule has 25 heavy (non-hydrogen) atoms. The van der Waals surface area contributed by atoms with E-state index in [1.54, 1.807) is 0 Å². The third-order valence-electron chi connectivity index (χ3n) is 4.63. The quantitative estimate of drug-likeness (QED) is 0.711. The van der Waals surface area contributed by atoms with Crippen LogP contribution in [-0.2, 0) is 16.0 Å². The Hall–Kier alpha value is -1.79. The summed E-state index contributed by atoms with van der Waals surface area (Å²) in [5.74, 6) is 1.53. The first-order valence-electron chi connectivity index (χ1n) is 9.10. The topological polar surface area (TPSA) is 82.8 Å². The highest BCUT2D eigenvalue weighted by atomic mass is 16.5. The Bertz CT molecular complexity index is 556. The van der Waals surface area contributed by atoms with Crippen LogP contribution in [0.4, 0.5) is 0 Å². The van der Waals surface area contributed by atoms with Gasteiger partial charge in [0.1, 0.15) is 0 Å². The molecule has 1 aliphatic heterocycles. The number of carbonyl (C=O) groups excluding carboxylic acids is 1. The highest BCUT2D eigenvalue weighted by Crippen LogP contribution is 2.30. The molecule has 1 heterocycles. The highest BCUT2D eigenvalue weighted by Gasteiger charge is 2.38. The van der Waals surface area contributed by atoms with E-state index < -0.39 is 5.41 Å². The average molecular weight is 350 g/mol. The van der Waals surface area contributed by atoms with E-state index in [2.05, 4.69) is 5.32 Å². The van der Waals surface area contributed by atoms with Crippen LogP contribution in [0.5, 0.6) is 11.5 Å². The Kier molecular flexibility index (Phi) is 7.52. The Balaban J connectivity index is 1.92. The lowest BCUT2D eigenvalue weighted by molar-refractivity contribution is -0.135. The average Bonchev–Trinajstić information content (AvgIpc) is 2.64. The van der Waals surface area contributed by atoms with Gasteiger partial charge in [0, 0.05) is 26.3 Å². The summed E-state index contributed by atoms with van der Waals surface area (Å²) < 4.78 is 16.6. The Morgan fingerprint density at radius 3 is 2.52 bits per heavy atom. The highest BCUT2D eigenvalue weighted by molar-refractivity contribution is 5.83. The number of hydrogen-bond acceptors (Lipinski definition) is 5. The summed E-state index contributed by atoms with van der Waals surface area (Å²) >= 11 is 0. The van der Waals surface area contributed by atoms with Gasteiger partial charge in [-0.1, -0.05) is 6.07 Å². The van der Waals surface area contributed by atoms with Crippen LogP contribution < -0.4 is 20.5 Å². The maximum Gasteiger partial charge on any atom is 0.227 e. The molecule has 1 saturated heterocycles. The molecule has 1 aromatic carbocycles. The second-order valence-electron chi connectivity index (χ2n) is 6.25. The summed E-state index contributed by atoms with van der Waals surface area (Å²) in [5, 5.41) is 3.04. The molecule has 6 nitrogen and oxygen atoms in total. The van der Waals surface area contributed by atoms with Gasteiger partial charge >= 0.3 is 0 Å². The summed E-state index contributed by atoms with van der Waals surface area (Å²) in [4.78, 5) is 12.6. The van der Waals surface area contributed by atoms with Crippen molar-refractivity contribution in [3.05, 3.63) is 23.8 Å². The molecule has 0 aliphatic carbocycles. The molecular weight excluding hydrogens is 320 g/mol. The van der Waals surface area contributed by atoms with Crippen LogP contribution in [-0.4, -0.2) is 45.4 Å². The van der Waals surface area contributed by atoms with Crippen LogP contribution >= 0.6 is 0 Å². The van der Waals surface area contributed by atoms with Gasteiger partial charge in [0.2, 0.25) is 5.91 Å². The van der Waals surface area contributed by atoms with Crippen LogP contribution in [0.25, 0.3) is 0 Å². The normalized spacial score (nSPS) is 16.3. The minimum atomic E-state index is -0.479. The minimum Gasteiger partial charge on any atom is -0.490 e. The zero-order valence-corrected chi connectivity index (χ0v) is 15.3. The lowest BCUT2D eigenvalue weighted by atomic mass is 9.79. The number of rotatable bonds is 9. The zero-order chi connectivity index (χ0) is 18.1. The standard InChI is InChI=1S/C19H30N2O4/c1-3-24-16-6-5-15(13-17(16)25-4-2)7-10-21-18(22)19(14-20)8-11-23-12-9-19/h5-6,13H,3-4,7-12,14,20H2,1-2H3,(H,21,22). The van der Waals surface area contributed by atoms with Crippen molar-refractivity contribution in [3.8, 4) is 11.5 Å². The summed E-state index contributed by atoms with van der Waals surface area (Å²) in [6.07, 6.45) is 2.11. The summed E-state index contributed by atoms with van der Waals surface area (Å²) in [7, 11) is 0. The van der Waals surface area contributed by atoms with Crippen molar-refractivity contribution in [3.63, 3.8) is 0 Å². The molecule has 140 valence electrons. The minimum absolute atomic E-state index is 0.0364. The second kappa shape index (κ2) is 9.63. The molecule has 1 amide bonds. The Morgan fingerprint density at radius 1 is 1.20 bits per heavy atom. The number of carbonyl (C=O) groups is 1. The molecule has 6 heteroatoms. The Morgan fingerprint density at radius 2 is 1.88 bits per heavy atom. The van der Waals surface area contributed by atoms with E-state index in [1.165, 1.54) is 0 Å². The fourth-order valence-corrected chi connectivity index (χ4v) is 3.04. The van der Waals surface area contributed by atoms with Gasteiger partial charge in [-0.05, 0) is 50.8 Å². The molecule has 1 fully saturated rings. The summed E-state index contributed by atoms with van der Waals surface area (Å²) in [6.45, 7) is 7.20. The first kappa shape index (κ1) is 19.5. The van der Waals surface area contributed by atoms with E-state index in [4.69, 9.17) is 19.9 Å². The predicted molar refractivity (Wildman–Crippen MR) is 97.0 cm³/mol. The monoisotopic (exact) mass is 350 g/mol. The fraction of sp³-hybridized carbons (Fsp3) is 0.632. The molecule has 1 aromatic rings. The van der Waals surface area contributed by atoms with Crippen molar-refractivity contribution in [2.45, 2.75) is 33.1 Å². The number of benzene rings is 1. The molecular formula is C19H30N2O4. The van der Waals surface area contributed by atoms with Crippen molar-refractivity contribution >= 4 is 5.91 Å². The van der Waals surface area contributed by atoms with Gasteiger partial charge in [-0.3, -0.25) is 4.79 Å². The third kappa shape index (κ3) is 5.09. The van der Waals surface area contributed by atoms with Crippen molar-refractivity contribution in [2.75, 3.05) is 39.5 Å². The SMILES string of the molecule is CCOc1ccc(CCNC(=O)C2(CN)CCOCC2)cc1OCC. The molecule has 1 aliphatic rings. The number of ether oxygens (including phenoxy) is 3. The molecule has 2 rings (SSSR count). The lowest BCUT2D eigenvalue weighted by Gasteiger charge is -2.34. The van der Waals surface area contributed by atoms with Crippen LogP contribution in [0.3, 0.4) is 0 Å². The van der Waals surface area contributed by atoms with Crippen LogP contribution in [0.1, 0.15) is 32.3 Å². The largest absolute Gasteiger partial charge is 0.490 e. The molecule has 0 unspecified atom stereocenters. The van der Waals surface area contributed by atoms with E-state index in [1.807, 2.05) is 32.0 Å².